The highest BCUT2D eigenvalue weighted by Crippen LogP contribution is 2.29. The van der Waals surface area contributed by atoms with E-state index in [1.54, 1.807) is 11.3 Å². The van der Waals surface area contributed by atoms with Crippen LogP contribution in [0.1, 0.15) is 49.2 Å². The summed E-state index contributed by atoms with van der Waals surface area (Å²) in [7, 11) is 0. The van der Waals surface area contributed by atoms with Crippen molar-refractivity contribution in [3.8, 4) is 0 Å². The number of nitrogens with one attached hydrogen (secondary N) is 2. The number of aromatic nitrogens is 1. The number of rotatable bonds is 4. The van der Waals surface area contributed by atoms with Gasteiger partial charge in [-0.15, -0.1) is 23.1 Å². The van der Waals surface area contributed by atoms with E-state index in [9.17, 15) is 9.59 Å². The number of hydrogen-bond acceptors (Lipinski definition) is 5. The summed E-state index contributed by atoms with van der Waals surface area (Å²) >= 11 is 3.15. The number of hydrogen-bond donors (Lipinski definition) is 2. The van der Waals surface area contributed by atoms with Crippen LogP contribution < -0.4 is 10.6 Å². The lowest BCUT2D eigenvalue weighted by Crippen LogP contribution is -2.57. The Morgan fingerprint density at radius 2 is 2.18 bits per heavy atom. The van der Waals surface area contributed by atoms with Gasteiger partial charge in [0.15, 0.2) is 0 Å². The van der Waals surface area contributed by atoms with Crippen LogP contribution in [0.2, 0.25) is 0 Å². The molecule has 1 aromatic rings. The predicted octanol–water partition coefficient (Wildman–Crippen LogP) is 2.20. The van der Waals surface area contributed by atoms with Crippen molar-refractivity contribution in [1.82, 2.24) is 15.6 Å². The Hall–Kier alpha value is -1.08. The van der Waals surface area contributed by atoms with Crippen LogP contribution in [-0.2, 0) is 16.1 Å². The van der Waals surface area contributed by atoms with Crippen molar-refractivity contribution in [1.29, 1.82) is 0 Å². The van der Waals surface area contributed by atoms with Crippen molar-refractivity contribution in [2.24, 2.45) is 0 Å². The van der Waals surface area contributed by atoms with E-state index in [1.165, 1.54) is 11.8 Å². The second-order valence-electron chi connectivity index (χ2n) is 6.28. The van der Waals surface area contributed by atoms with E-state index in [4.69, 9.17) is 0 Å². The molecule has 0 bridgehead atoms. The van der Waals surface area contributed by atoms with Gasteiger partial charge in [-0.3, -0.25) is 9.59 Å². The van der Waals surface area contributed by atoms with Gasteiger partial charge in [-0.05, 0) is 20.8 Å². The Balaban J connectivity index is 1.92. The Kier molecular flexibility index (Phi) is 5.17. The largest absolute Gasteiger partial charge is 0.349 e. The van der Waals surface area contributed by atoms with E-state index < -0.39 is 10.8 Å². The van der Waals surface area contributed by atoms with Gasteiger partial charge in [0.05, 0.1) is 22.0 Å². The molecule has 1 aliphatic rings. The first-order chi connectivity index (χ1) is 10.2. The highest BCUT2D eigenvalue weighted by atomic mass is 32.2. The maximum absolute atomic E-state index is 12.2. The van der Waals surface area contributed by atoms with Gasteiger partial charge in [0.2, 0.25) is 11.8 Å². The third-order valence-corrected chi connectivity index (χ3v) is 6.47. The molecular weight excluding hydrogens is 318 g/mol. The minimum Gasteiger partial charge on any atom is -0.349 e. The van der Waals surface area contributed by atoms with Crippen LogP contribution in [0.15, 0.2) is 0 Å². The lowest BCUT2D eigenvalue weighted by molar-refractivity contribution is -0.129. The molecule has 2 rings (SSSR count). The summed E-state index contributed by atoms with van der Waals surface area (Å²) in [5, 5.41) is 6.80. The van der Waals surface area contributed by atoms with Crippen molar-refractivity contribution < 1.29 is 9.59 Å². The van der Waals surface area contributed by atoms with E-state index >= 15 is 0 Å². The zero-order valence-corrected chi connectivity index (χ0v) is 15.3. The number of carbonyl (C=O) groups is 2. The maximum atomic E-state index is 12.2. The summed E-state index contributed by atoms with van der Waals surface area (Å²) in [6, 6.07) is -0.455. The van der Waals surface area contributed by atoms with Crippen LogP contribution >= 0.6 is 23.1 Å². The first-order valence-electron chi connectivity index (χ1n) is 7.39. The van der Waals surface area contributed by atoms with Gasteiger partial charge >= 0.3 is 0 Å². The average Bonchev–Trinajstić information content (AvgIpc) is 2.81. The molecule has 2 N–H and O–H groups in total. The quantitative estimate of drug-likeness (QED) is 0.881. The number of nitrogens with zero attached hydrogens (tertiary/aromatic N) is 1. The molecule has 0 aliphatic carbocycles. The van der Waals surface area contributed by atoms with Crippen molar-refractivity contribution in [2.75, 3.05) is 5.75 Å². The zero-order chi connectivity index (χ0) is 16.5. The van der Waals surface area contributed by atoms with Crippen molar-refractivity contribution in [3.63, 3.8) is 0 Å². The molecule has 1 saturated heterocycles. The van der Waals surface area contributed by atoms with Crippen LogP contribution in [-0.4, -0.2) is 33.3 Å². The molecule has 0 radical (unpaired) electrons. The van der Waals surface area contributed by atoms with Crippen molar-refractivity contribution in [2.45, 2.75) is 57.9 Å². The van der Waals surface area contributed by atoms with Crippen LogP contribution in [0.3, 0.4) is 0 Å². The molecule has 122 valence electrons. The predicted molar refractivity (Wildman–Crippen MR) is 91.3 cm³/mol. The van der Waals surface area contributed by atoms with Crippen LogP contribution in [0.25, 0.3) is 0 Å². The van der Waals surface area contributed by atoms with Gasteiger partial charge in [0.25, 0.3) is 0 Å². The van der Waals surface area contributed by atoms with Gasteiger partial charge in [-0.25, -0.2) is 4.98 Å². The normalized spacial score (nSPS) is 20.8. The third-order valence-electron chi connectivity index (χ3n) is 3.61. The minimum absolute atomic E-state index is 0.0834. The maximum Gasteiger partial charge on any atom is 0.243 e. The molecular formula is C15H23N3O2S2. The SMILES string of the molecule is Cc1nc(C(C)C)sc1CNC(=O)[C@H]1CSC(C)(C)C(=O)N1. The second-order valence-corrected chi connectivity index (χ2v) is 9.04. The molecule has 1 aliphatic heterocycles. The fourth-order valence-corrected chi connectivity index (χ4v) is 4.04. The van der Waals surface area contributed by atoms with Crippen LogP contribution in [0.4, 0.5) is 0 Å². The Morgan fingerprint density at radius 3 is 2.73 bits per heavy atom. The van der Waals surface area contributed by atoms with Gasteiger partial charge in [0, 0.05) is 16.5 Å². The van der Waals surface area contributed by atoms with E-state index in [-0.39, 0.29) is 11.8 Å². The number of thiazole rings is 1. The molecule has 0 spiro atoms. The summed E-state index contributed by atoms with van der Waals surface area (Å²) in [5.41, 5.74) is 0.970. The lowest BCUT2D eigenvalue weighted by Gasteiger charge is -2.32. The molecule has 1 aromatic heterocycles. The van der Waals surface area contributed by atoms with E-state index in [0.717, 1.165) is 15.6 Å². The molecule has 2 heterocycles. The molecule has 22 heavy (non-hydrogen) atoms. The summed E-state index contributed by atoms with van der Waals surface area (Å²) in [6.07, 6.45) is 0. The third kappa shape index (κ3) is 3.81. The molecule has 0 saturated carbocycles. The molecule has 1 atom stereocenters. The second kappa shape index (κ2) is 6.58. The summed E-state index contributed by atoms with van der Waals surface area (Å²) < 4.78 is -0.461. The lowest BCUT2D eigenvalue weighted by atomic mass is 10.1. The van der Waals surface area contributed by atoms with Crippen LogP contribution in [0.5, 0.6) is 0 Å². The highest BCUT2D eigenvalue weighted by molar-refractivity contribution is 8.01. The Labute approximate surface area is 139 Å². The minimum atomic E-state index is -0.461. The monoisotopic (exact) mass is 341 g/mol. The van der Waals surface area contributed by atoms with E-state index in [1.807, 2.05) is 20.8 Å². The molecule has 0 aromatic carbocycles. The highest BCUT2D eigenvalue weighted by Gasteiger charge is 2.37. The van der Waals surface area contributed by atoms with E-state index in [2.05, 4.69) is 29.5 Å². The Bertz CT molecular complexity index is 581. The zero-order valence-electron chi connectivity index (χ0n) is 13.6. The Morgan fingerprint density at radius 1 is 1.50 bits per heavy atom. The molecule has 7 heteroatoms. The van der Waals surface area contributed by atoms with Crippen LogP contribution in [0, 0.1) is 6.92 Å². The molecule has 2 amide bonds. The number of amides is 2. The summed E-state index contributed by atoms with van der Waals surface area (Å²) in [5.74, 6) is 0.781. The fourth-order valence-electron chi connectivity index (χ4n) is 2.02. The van der Waals surface area contributed by atoms with Gasteiger partial charge in [-0.1, -0.05) is 13.8 Å². The number of aryl methyl sites for hydroxylation is 1. The first-order valence-corrected chi connectivity index (χ1v) is 9.19. The summed E-state index contributed by atoms with van der Waals surface area (Å²) in [4.78, 5) is 29.7. The summed E-state index contributed by atoms with van der Waals surface area (Å²) in [6.45, 7) is 10.4. The molecule has 0 unspecified atom stereocenters. The first kappa shape index (κ1) is 17.3. The molecule has 5 nitrogen and oxygen atoms in total. The smallest absolute Gasteiger partial charge is 0.243 e. The van der Waals surface area contributed by atoms with Crippen molar-refractivity contribution in [3.05, 3.63) is 15.6 Å². The van der Waals surface area contributed by atoms with Crippen molar-refractivity contribution >= 4 is 34.9 Å². The van der Waals surface area contributed by atoms with Gasteiger partial charge < -0.3 is 10.6 Å². The van der Waals surface area contributed by atoms with Gasteiger partial charge in [0.1, 0.15) is 6.04 Å². The number of carbonyl (C=O) groups excluding carboxylic acids is 2. The van der Waals surface area contributed by atoms with E-state index in [0.29, 0.717) is 18.2 Å². The number of thioether (sulfide) groups is 1. The molecule has 1 fully saturated rings. The van der Waals surface area contributed by atoms with Gasteiger partial charge in [-0.2, -0.15) is 0 Å². The topological polar surface area (TPSA) is 71.1 Å². The average molecular weight is 342 g/mol. The fraction of sp³-hybridized carbons (Fsp3) is 0.667. The standard InChI is InChI=1S/C15H23N3O2S2/c1-8(2)13-17-9(3)11(22-13)6-16-12(19)10-7-21-15(4,5)14(20)18-10/h8,10H,6-7H2,1-5H3,(H,16,19)(H,18,20)/t10-/m1/s1.